The van der Waals surface area contributed by atoms with Gasteiger partial charge in [-0.2, -0.15) is 0 Å². The van der Waals surface area contributed by atoms with Crippen molar-refractivity contribution in [3.63, 3.8) is 0 Å². The third-order valence-corrected chi connectivity index (χ3v) is 4.68. The van der Waals surface area contributed by atoms with Gasteiger partial charge in [-0.1, -0.05) is 13.8 Å². The van der Waals surface area contributed by atoms with E-state index >= 15 is 0 Å². The van der Waals surface area contributed by atoms with Crippen LogP contribution in [0.25, 0.3) is 0 Å². The van der Waals surface area contributed by atoms with Crippen molar-refractivity contribution in [3.8, 4) is 0 Å². The van der Waals surface area contributed by atoms with E-state index in [2.05, 4.69) is 44.8 Å². The molecular weight excluding hydrogens is 264 g/mol. The molecule has 0 radical (unpaired) electrons. The average molecular weight is 298 g/mol. The highest BCUT2D eigenvalue weighted by Gasteiger charge is 2.39. The molecule has 1 aliphatic rings. The monoisotopic (exact) mass is 298 g/mol. The fraction of sp³-hybridized carbons (Fsp3) is 0.941. The van der Waals surface area contributed by atoms with Gasteiger partial charge in [0.05, 0.1) is 6.61 Å². The standard InChI is InChI=1S/C17H34N2O2/c1-8-21-16(20)17(7,18-12(2)3)9-15(6)19-10-13(4)14(5)11-19/h12-15,18H,8-11H2,1-7H3. The highest BCUT2D eigenvalue weighted by atomic mass is 16.5. The van der Waals surface area contributed by atoms with E-state index in [1.165, 1.54) is 0 Å². The lowest BCUT2D eigenvalue weighted by Gasteiger charge is -2.36. The van der Waals surface area contributed by atoms with E-state index in [0.717, 1.165) is 31.3 Å². The van der Waals surface area contributed by atoms with Crippen LogP contribution in [-0.2, 0) is 9.53 Å². The highest BCUT2D eigenvalue weighted by molar-refractivity contribution is 5.80. The summed E-state index contributed by atoms with van der Waals surface area (Å²) in [5.41, 5.74) is -0.612. The third kappa shape index (κ3) is 4.96. The van der Waals surface area contributed by atoms with Gasteiger partial charge < -0.3 is 9.64 Å². The molecular formula is C17H34N2O2. The summed E-state index contributed by atoms with van der Waals surface area (Å²) in [6.45, 7) is 17.5. The molecule has 1 fully saturated rings. The molecule has 1 aliphatic heterocycles. The second-order valence-corrected chi connectivity index (χ2v) is 7.31. The number of rotatable bonds is 7. The number of ether oxygens (including phenoxy) is 1. The maximum absolute atomic E-state index is 12.4. The summed E-state index contributed by atoms with van der Waals surface area (Å²) in [6.07, 6.45) is 0.781. The van der Waals surface area contributed by atoms with Crippen LogP contribution < -0.4 is 5.32 Å². The Morgan fingerprint density at radius 3 is 2.24 bits per heavy atom. The zero-order valence-electron chi connectivity index (χ0n) is 14.9. The smallest absolute Gasteiger partial charge is 0.326 e. The summed E-state index contributed by atoms with van der Waals surface area (Å²) >= 11 is 0. The van der Waals surface area contributed by atoms with Crippen LogP contribution in [0.1, 0.15) is 54.9 Å². The first kappa shape index (κ1) is 18.4. The number of hydrogen-bond donors (Lipinski definition) is 1. The van der Waals surface area contributed by atoms with Gasteiger partial charge in [-0.25, -0.2) is 0 Å². The van der Waals surface area contributed by atoms with E-state index in [-0.39, 0.29) is 12.0 Å². The highest BCUT2D eigenvalue weighted by Crippen LogP contribution is 2.27. The molecule has 1 saturated heterocycles. The van der Waals surface area contributed by atoms with Gasteiger partial charge >= 0.3 is 5.97 Å². The normalized spacial score (nSPS) is 27.6. The molecule has 4 unspecified atom stereocenters. The predicted octanol–water partition coefficient (Wildman–Crippen LogP) is 2.67. The van der Waals surface area contributed by atoms with Crippen LogP contribution in [0.2, 0.25) is 0 Å². The summed E-state index contributed by atoms with van der Waals surface area (Å²) in [4.78, 5) is 14.9. The average Bonchev–Trinajstić information content (AvgIpc) is 2.69. The van der Waals surface area contributed by atoms with Crippen LogP contribution in [0.3, 0.4) is 0 Å². The Kier molecular flexibility index (Phi) is 6.67. The van der Waals surface area contributed by atoms with Gasteiger partial charge in [0, 0.05) is 25.2 Å². The lowest BCUT2D eigenvalue weighted by molar-refractivity contribution is -0.151. The Hall–Kier alpha value is -0.610. The fourth-order valence-corrected chi connectivity index (χ4v) is 3.38. The number of nitrogens with one attached hydrogen (secondary N) is 1. The largest absolute Gasteiger partial charge is 0.465 e. The number of likely N-dealkylation sites (tertiary alicyclic amines) is 1. The first-order valence-corrected chi connectivity index (χ1v) is 8.38. The fourth-order valence-electron chi connectivity index (χ4n) is 3.38. The molecule has 124 valence electrons. The van der Waals surface area contributed by atoms with Crippen molar-refractivity contribution in [1.29, 1.82) is 0 Å². The molecule has 0 aromatic carbocycles. The van der Waals surface area contributed by atoms with Crippen LogP contribution >= 0.6 is 0 Å². The molecule has 0 amide bonds. The summed E-state index contributed by atoms with van der Waals surface area (Å²) in [7, 11) is 0. The van der Waals surface area contributed by atoms with Crippen LogP contribution in [0, 0.1) is 11.8 Å². The van der Waals surface area contributed by atoms with E-state index in [9.17, 15) is 4.79 Å². The quantitative estimate of drug-likeness (QED) is 0.734. The molecule has 4 atom stereocenters. The number of hydrogen-bond acceptors (Lipinski definition) is 4. The van der Waals surface area contributed by atoms with Crippen molar-refractivity contribution in [2.75, 3.05) is 19.7 Å². The van der Waals surface area contributed by atoms with Crippen molar-refractivity contribution in [3.05, 3.63) is 0 Å². The zero-order valence-corrected chi connectivity index (χ0v) is 14.9. The predicted molar refractivity (Wildman–Crippen MR) is 87.3 cm³/mol. The second-order valence-electron chi connectivity index (χ2n) is 7.31. The molecule has 1 heterocycles. The second kappa shape index (κ2) is 7.59. The Bertz CT molecular complexity index is 336. The van der Waals surface area contributed by atoms with Crippen molar-refractivity contribution < 1.29 is 9.53 Å². The number of carbonyl (C=O) groups excluding carboxylic acids is 1. The van der Waals surface area contributed by atoms with Crippen molar-refractivity contribution >= 4 is 5.97 Å². The molecule has 0 spiro atoms. The summed E-state index contributed by atoms with van der Waals surface area (Å²) < 4.78 is 5.29. The maximum Gasteiger partial charge on any atom is 0.326 e. The van der Waals surface area contributed by atoms with Crippen LogP contribution in [0.15, 0.2) is 0 Å². The third-order valence-electron chi connectivity index (χ3n) is 4.68. The molecule has 0 aliphatic carbocycles. The minimum absolute atomic E-state index is 0.133. The van der Waals surface area contributed by atoms with E-state index in [0.29, 0.717) is 12.6 Å². The molecule has 4 nitrogen and oxygen atoms in total. The van der Waals surface area contributed by atoms with E-state index < -0.39 is 5.54 Å². The molecule has 1 N–H and O–H groups in total. The Morgan fingerprint density at radius 2 is 1.81 bits per heavy atom. The minimum Gasteiger partial charge on any atom is -0.465 e. The lowest BCUT2D eigenvalue weighted by Crippen LogP contribution is -2.56. The van der Waals surface area contributed by atoms with Gasteiger partial charge in [-0.3, -0.25) is 10.1 Å². The molecule has 0 saturated carbocycles. The first-order valence-electron chi connectivity index (χ1n) is 8.38. The van der Waals surface area contributed by atoms with Gasteiger partial charge in [0.15, 0.2) is 0 Å². The van der Waals surface area contributed by atoms with Crippen molar-refractivity contribution in [1.82, 2.24) is 10.2 Å². The summed E-state index contributed by atoms with van der Waals surface area (Å²) in [5, 5.41) is 3.42. The Balaban J connectivity index is 2.74. The molecule has 1 rings (SSSR count). The molecule has 0 bridgehead atoms. The van der Waals surface area contributed by atoms with Crippen LogP contribution in [0.5, 0.6) is 0 Å². The Morgan fingerprint density at radius 1 is 1.29 bits per heavy atom. The molecule has 0 aromatic rings. The van der Waals surface area contributed by atoms with Gasteiger partial charge in [0.2, 0.25) is 0 Å². The van der Waals surface area contributed by atoms with Gasteiger partial charge in [-0.05, 0) is 52.9 Å². The van der Waals surface area contributed by atoms with Gasteiger partial charge in [0.1, 0.15) is 5.54 Å². The zero-order chi connectivity index (χ0) is 16.2. The van der Waals surface area contributed by atoms with E-state index in [1.54, 1.807) is 0 Å². The number of carbonyl (C=O) groups is 1. The van der Waals surface area contributed by atoms with Gasteiger partial charge in [-0.15, -0.1) is 0 Å². The minimum atomic E-state index is -0.612. The van der Waals surface area contributed by atoms with Crippen molar-refractivity contribution in [2.24, 2.45) is 11.8 Å². The van der Waals surface area contributed by atoms with Crippen molar-refractivity contribution in [2.45, 2.75) is 72.5 Å². The Labute approximate surface area is 130 Å². The topological polar surface area (TPSA) is 41.6 Å². The molecule has 0 aromatic heterocycles. The first-order chi connectivity index (χ1) is 9.69. The number of nitrogens with zero attached hydrogens (tertiary/aromatic N) is 1. The van der Waals surface area contributed by atoms with Gasteiger partial charge in [0.25, 0.3) is 0 Å². The molecule has 21 heavy (non-hydrogen) atoms. The van der Waals surface area contributed by atoms with Crippen LogP contribution in [-0.4, -0.2) is 48.2 Å². The molecule has 4 heteroatoms. The maximum atomic E-state index is 12.4. The number of esters is 1. The summed E-state index contributed by atoms with van der Waals surface area (Å²) in [6, 6.07) is 0.626. The van der Waals surface area contributed by atoms with E-state index in [4.69, 9.17) is 4.74 Å². The van der Waals surface area contributed by atoms with E-state index in [1.807, 2.05) is 13.8 Å². The summed E-state index contributed by atoms with van der Waals surface area (Å²) in [5.74, 6) is 1.34. The SMILES string of the molecule is CCOC(=O)C(C)(CC(C)N1CC(C)C(C)C1)NC(C)C. The lowest BCUT2D eigenvalue weighted by atomic mass is 9.92. The van der Waals surface area contributed by atoms with Crippen LogP contribution in [0.4, 0.5) is 0 Å².